The van der Waals surface area contributed by atoms with E-state index in [1.165, 1.54) is 12.1 Å². The first-order valence-corrected chi connectivity index (χ1v) is 11.0. The number of nitrogens with one attached hydrogen (secondary N) is 3. The van der Waals surface area contributed by atoms with Crippen molar-refractivity contribution in [3.05, 3.63) is 94.0 Å². The second-order valence-electron chi connectivity index (χ2n) is 8.03. The van der Waals surface area contributed by atoms with Gasteiger partial charge in [-0.25, -0.2) is 5.43 Å². The molecule has 1 heterocycles. The lowest BCUT2D eigenvalue weighted by Crippen LogP contribution is -2.08. The van der Waals surface area contributed by atoms with Crippen LogP contribution >= 0.6 is 0 Å². The molecule has 0 bridgehead atoms. The van der Waals surface area contributed by atoms with Gasteiger partial charge in [-0.15, -0.1) is 0 Å². The fourth-order valence-electron chi connectivity index (χ4n) is 3.19. The Morgan fingerprint density at radius 1 is 0.861 bits per heavy atom. The van der Waals surface area contributed by atoms with E-state index in [0.29, 0.717) is 11.6 Å². The Morgan fingerprint density at radius 3 is 2.14 bits per heavy atom. The molecule has 11 nitrogen and oxygen atoms in total. The van der Waals surface area contributed by atoms with E-state index in [9.17, 15) is 10.1 Å². The molecule has 0 aliphatic heterocycles. The molecule has 0 saturated carbocycles. The third-order valence-electron chi connectivity index (χ3n) is 5.15. The minimum absolute atomic E-state index is 0.00610. The first-order chi connectivity index (χ1) is 17.4. The van der Waals surface area contributed by atoms with Gasteiger partial charge >= 0.3 is 0 Å². The molecule has 0 aliphatic rings. The van der Waals surface area contributed by atoms with Crippen LogP contribution in [0.4, 0.5) is 40.6 Å². The average molecular weight is 484 g/mol. The van der Waals surface area contributed by atoms with Gasteiger partial charge in [0, 0.05) is 43.3 Å². The number of hydrogen-bond donors (Lipinski definition) is 3. The van der Waals surface area contributed by atoms with Crippen LogP contribution in [-0.4, -0.2) is 40.2 Å². The van der Waals surface area contributed by atoms with Gasteiger partial charge in [-0.2, -0.15) is 20.1 Å². The first kappa shape index (κ1) is 24.1. The molecule has 36 heavy (non-hydrogen) atoms. The Balaban J connectivity index is 1.57. The van der Waals surface area contributed by atoms with Gasteiger partial charge in [-0.1, -0.05) is 30.3 Å². The predicted molar refractivity (Wildman–Crippen MR) is 143 cm³/mol. The summed E-state index contributed by atoms with van der Waals surface area (Å²) in [5.74, 6) is 0.756. The van der Waals surface area contributed by atoms with Gasteiger partial charge in [0.2, 0.25) is 17.8 Å². The summed E-state index contributed by atoms with van der Waals surface area (Å²) in [7, 11) is 3.96. The van der Waals surface area contributed by atoms with Crippen LogP contribution in [0.5, 0.6) is 0 Å². The van der Waals surface area contributed by atoms with E-state index < -0.39 is 4.92 Å². The molecule has 4 rings (SSSR count). The maximum atomic E-state index is 10.9. The molecule has 3 N–H and O–H groups in total. The Labute approximate surface area is 208 Å². The summed E-state index contributed by atoms with van der Waals surface area (Å²) >= 11 is 0. The normalized spacial score (nSPS) is 10.8. The molecular formula is C25H25N9O2. The number of benzene rings is 3. The molecule has 11 heteroatoms. The SMILES string of the molecule is Cc1ccccc1Nc1nc(NN=Cc2ccc(N(C)C)cc2)nc(Nc2ccc([N+](=O)[O-])cc2)n1. The summed E-state index contributed by atoms with van der Waals surface area (Å²) in [6, 6.07) is 21.7. The van der Waals surface area contributed by atoms with Gasteiger partial charge < -0.3 is 15.5 Å². The molecule has 0 amide bonds. The predicted octanol–water partition coefficient (Wildman–Crippen LogP) is 5.09. The molecule has 0 saturated heterocycles. The molecule has 0 radical (unpaired) electrons. The maximum Gasteiger partial charge on any atom is 0.269 e. The number of nitrogens with zero attached hydrogens (tertiary/aromatic N) is 6. The number of aromatic nitrogens is 3. The maximum absolute atomic E-state index is 10.9. The highest BCUT2D eigenvalue weighted by Crippen LogP contribution is 2.22. The van der Waals surface area contributed by atoms with Crippen LogP contribution in [-0.2, 0) is 0 Å². The van der Waals surface area contributed by atoms with Crippen molar-refractivity contribution in [2.75, 3.05) is 35.1 Å². The third kappa shape index (κ3) is 6.29. The second-order valence-corrected chi connectivity index (χ2v) is 8.03. The van der Waals surface area contributed by atoms with Crippen LogP contribution < -0.4 is 21.0 Å². The molecule has 4 aromatic rings. The van der Waals surface area contributed by atoms with Crippen LogP contribution in [0.1, 0.15) is 11.1 Å². The quantitative estimate of drug-likeness (QED) is 0.169. The molecule has 0 atom stereocenters. The Hall–Kier alpha value is -5.06. The second kappa shape index (κ2) is 10.9. The van der Waals surface area contributed by atoms with Crippen LogP contribution in [0.15, 0.2) is 77.9 Å². The molecule has 1 aromatic heterocycles. The van der Waals surface area contributed by atoms with Crippen LogP contribution in [0, 0.1) is 17.0 Å². The Morgan fingerprint density at radius 2 is 1.50 bits per heavy atom. The van der Waals surface area contributed by atoms with Crippen molar-refractivity contribution < 1.29 is 4.92 Å². The highest BCUT2D eigenvalue weighted by Gasteiger charge is 2.10. The number of nitro benzene ring substituents is 1. The van der Waals surface area contributed by atoms with E-state index in [0.717, 1.165) is 22.5 Å². The first-order valence-electron chi connectivity index (χ1n) is 11.0. The third-order valence-corrected chi connectivity index (χ3v) is 5.15. The summed E-state index contributed by atoms with van der Waals surface area (Å²) in [5.41, 5.74) is 7.30. The lowest BCUT2D eigenvalue weighted by atomic mass is 10.2. The number of hydrogen-bond acceptors (Lipinski definition) is 10. The summed E-state index contributed by atoms with van der Waals surface area (Å²) in [6.45, 7) is 1.98. The number of rotatable bonds is 9. The minimum Gasteiger partial charge on any atom is -0.378 e. The average Bonchev–Trinajstić information content (AvgIpc) is 2.86. The zero-order valence-corrected chi connectivity index (χ0v) is 20.0. The van der Waals surface area contributed by atoms with Crippen LogP contribution in [0.2, 0.25) is 0 Å². The van der Waals surface area contributed by atoms with Gasteiger partial charge in [0.25, 0.3) is 5.69 Å². The van der Waals surface area contributed by atoms with E-state index in [4.69, 9.17) is 0 Å². The zero-order valence-electron chi connectivity index (χ0n) is 20.0. The summed E-state index contributed by atoms with van der Waals surface area (Å²) in [5, 5.41) is 21.4. The lowest BCUT2D eigenvalue weighted by molar-refractivity contribution is -0.384. The van der Waals surface area contributed by atoms with Crippen molar-refractivity contribution in [2.24, 2.45) is 5.10 Å². The van der Waals surface area contributed by atoms with E-state index in [2.05, 4.69) is 36.1 Å². The highest BCUT2D eigenvalue weighted by molar-refractivity contribution is 5.80. The van der Waals surface area contributed by atoms with E-state index in [-0.39, 0.29) is 17.6 Å². The van der Waals surface area contributed by atoms with Crippen molar-refractivity contribution >= 4 is 46.8 Å². The zero-order chi connectivity index (χ0) is 25.5. The van der Waals surface area contributed by atoms with Gasteiger partial charge in [-0.3, -0.25) is 10.1 Å². The molecule has 0 aliphatic carbocycles. The molecule has 0 fully saturated rings. The largest absolute Gasteiger partial charge is 0.378 e. The van der Waals surface area contributed by atoms with Crippen molar-refractivity contribution in [3.63, 3.8) is 0 Å². The summed E-state index contributed by atoms with van der Waals surface area (Å²) < 4.78 is 0. The van der Waals surface area contributed by atoms with Gasteiger partial charge in [0.05, 0.1) is 11.1 Å². The lowest BCUT2D eigenvalue weighted by Gasteiger charge is -2.12. The highest BCUT2D eigenvalue weighted by atomic mass is 16.6. The Bertz CT molecular complexity index is 1370. The number of nitro groups is 1. The van der Waals surface area contributed by atoms with E-state index in [1.807, 2.05) is 74.4 Å². The minimum atomic E-state index is -0.453. The van der Waals surface area contributed by atoms with Crippen LogP contribution in [0.3, 0.4) is 0 Å². The fourth-order valence-corrected chi connectivity index (χ4v) is 3.19. The van der Waals surface area contributed by atoms with E-state index in [1.54, 1.807) is 18.3 Å². The topological polar surface area (TPSA) is 134 Å². The smallest absolute Gasteiger partial charge is 0.269 e. The van der Waals surface area contributed by atoms with E-state index >= 15 is 0 Å². The number of non-ortho nitro benzene ring substituents is 1. The van der Waals surface area contributed by atoms with Crippen LogP contribution in [0.25, 0.3) is 0 Å². The number of aryl methyl sites for hydroxylation is 1. The van der Waals surface area contributed by atoms with Crippen molar-refractivity contribution in [1.29, 1.82) is 0 Å². The number of hydrazone groups is 1. The monoisotopic (exact) mass is 483 g/mol. The summed E-state index contributed by atoms with van der Waals surface area (Å²) in [6.07, 6.45) is 1.67. The molecule has 0 spiro atoms. The Kier molecular flexibility index (Phi) is 7.30. The fraction of sp³-hybridized carbons (Fsp3) is 0.120. The number of anilines is 6. The molecular weight excluding hydrogens is 458 g/mol. The van der Waals surface area contributed by atoms with Crippen molar-refractivity contribution in [2.45, 2.75) is 6.92 Å². The van der Waals surface area contributed by atoms with Gasteiger partial charge in [-0.05, 0) is 48.4 Å². The molecule has 182 valence electrons. The summed E-state index contributed by atoms with van der Waals surface area (Å²) in [4.78, 5) is 25.7. The van der Waals surface area contributed by atoms with Crippen molar-refractivity contribution in [3.8, 4) is 0 Å². The molecule has 0 unspecified atom stereocenters. The number of para-hydroxylation sites is 1. The molecule has 3 aromatic carbocycles. The van der Waals surface area contributed by atoms with Crippen molar-refractivity contribution in [1.82, 2.24) is 15.0 Å². The van der Waals surface area contributed by atoms with Gasteiger partial charge in [0.1, 0.15) is 0 Å². The standard InChI is InChI=1S/C25H25N9O2/c1-17-6-4-5-7-22(17)28-24-29-23(27-19-10-14-21(15-11-19)34(35)36)30-25(31-24)32-26-16-18-8-12-20(13-9-18)33(2)3/h4-16H,1-3H3,(H3,27,28,29,30,31,32). The van der Waals surface area contributed by atoms with Gasteiger partial charge in [0.15, 0.2) is 0 Å².